The second kappa shape index (κ2) is 8.88. The number of likely N-dealkylation sites (tertiary alicyclic amines) is 1. The highest BCUT2D eigenvalue weighted by Crippen LogP contribution is 2.37. The van der Waals surface area contributed by atoms with E-state index < -0.39 is 0 Å². The molecular formula is C22H28N4OS. The van der Waals surface area contributed by atoms with Gasteiger partial charge in [-0.1, -0.05) is 25.0 Å². The second-order valence-electron chi connectivity index (χ2n) is 7.54. The summed E-state index contributed by atoms with van der Waals surface area (Å²) in [6, 6.07) is 8.52. The van der Waals surface area contributed by atoms with Gasteiger partial charge in [-0.2, -0.15) is 0 Å². The number of hydrogen-bond donors (Lipinski definition) is 1. The van der Waals surface area contributed by atoms with Gasteiger partial charge in [0.25, 0.3) is 0 Å². The van der Waals surface area contributed by atoms with Gasteiger partial charge in [0.05, 0.1) is 12.5 Å². The van der Waals surface area contributed by atoms with Gasteiger partial charge in [-0.05, 0) is 50.6 Å². The third-order valence-electron chi connectivity index (χ3n) is 5.39. The van der Waals surface area contributed by atoms with Crippen molar-refractivity contribution in [2.24, 2.45) is 0 Å². The molecule has 3 aromatic rings. The van der Waals surface area contributed by atoms with Crippen LogP contribution in [0.3, 0.4) is 0 Å². The maximum atomic E-state index is 5.29. The Morgan fingerprint density at radius 3 is 2.57 bits per heavy atom. The standard InChI is InChI=1S/C22H28N4OS/c1-16(13-26-11-5-3-4-6-12-26)25-21-20-19(14-28-22(20)24-15-23-21)17-7-9-18(27-2)10-8-17/h7-10,14-16H,3-6,11-13H2,1-2H3,(H,23,24,25). The van der Waals surface area contributed by atoms with E-state index in [2.05, 4.69) is 44.6 Å². The number of thiophene rings is 1. The number of fused-ring (bicyclic) bond motifs is 1. The molecule has 1 N–H and O–H groups in total. The van der Waals surface area contributed by atoms with Crippen LogP contribution in [0.15, 0.2) is 36.0 Å². The van der Waals surface area contributed by atoms with Gasteiger partial charge in [-0.3, -0.25) is 0 Å². The average molecular weight is 397 g/mol. The first-order chi connectivity index (χ1) is 13.7. The predicted octanol–water partition coefficient (Wildman–Crippen LogP) is 5.04. The molecule has 1 saturated heterocycles. The van der Waals surface area contributed by atoms with Crippen LogP contribution in [-0.2, 0) is 0 Å². The van der Waals surface area contributed by atoms with E-state index in [1.54, 1.807) is 24.8 Å². The van der Waals surface area contributed by atoms with Gasteiger partial charge in [-0.15, -0.1) is 11.3 Å². The van der Waals surface area contributed by atoms with E-state index >= 15 is 0 Å². The molecule has 1 aliphatic rings. The lowest BCUT2D eigenvalue weighted by molar-refractivity contribution is 0.277. The number of hydrogen-bond acceptors (Lipinski definition) is 6. The van der Waals surface area contributed by atoms with Crippen molar-refractivity contribution in [2.45, 2.75) is 38.6 Å². The molecule has 0 amide bonds. The van der Waals surface area contributed by atoms with Gasteiger partial charge in [-0.25, -0.2) is 9.97 Å². The van der Waals surface area contributed by atoms with Crippen LogP contribution in [-0.4, -0.2) is 47.7 Å². The molecule has 0 aliphatic carbocycles. The number of nitrogens with one attached hydrogen (secondary N) is 1. The van der Waals surface area contributed by atoms with Crippen molar-refractivity contribution in [2.75, 3.05) is 32.1 Å². The van der Waals surface area contributed by atoms with E-state index in [0.29, 0.717) is 6.04 Å². The predicted molar refractivity (Wildman–Crippen MR) is 117 cm³/mol. The molecule has 1 aromatic carbocycles. The van der Waals surface area contributed by atoms with Crippen molar-refractivity contribution < 1.29 is 4.74 Å². The third-order valence-corrected chi connectivity index (χ3v) is 6.27. The lowest BCUT2D eigenvalue weighted by Gasteiger charge is -2.25. The van der Waals surface area contributed by atoms with E-state index in [-0.39, 0.29) is 0 Å². The Balaban J connectivity index is 1.57. The van der Waals surface area contributed by atoms with Crippen LogP contribution >= 0.6 is 11.3 Å². The zero-order valence-electron chi connectivity index (χ0n) is 16.6. The maximum Gasteiger partial charge on any atom is 0.139 e. The summed E-state index contributed by atoms with van der Waals surface area (Å²) in [7, 11) is 1.69. The number of methoxy groups -OCH3 is 1. The fourth-order valence-corrected chi connectivity index (χ4v) is 4.87. The minimum Gasteiger partial charge on any atom is -0.497 e. The summed E-state index contributed by atoms with van der Waals surface area (Å²) >= 11 is 1.67. The van der Waals surface area contributed by atoms with Gasteiger partial charge in [0.2, 0.25) is 0 Å². The van der Waals surface area contributed by atoms with Crippen LogP contribution in [0.4, 0.5) is 5.82 Å². The van der Waals surface area contributed by atoms with Gasteiger partial charge < -0.3 is 15.0 Å². The molecule has 1 aliphatic heterocycles. The Kier molecular flexibility index (Phi) is 6.07. The molecule has 0 saturated carbocycles. The minimum atomic E-state index is 0.333. The first-order valence-corrected chi connectivity index (χ1v) is 11.0. The number of aromatic nitrogens is 2. The molecule has 6 heteroatoms. The molecule has 1 unspecified atom stereocenters. The highest BCUT2D eigenvalue weighted by molar-refractivity contribution is 7.17. The summed E-state index contributed by atoms with van der Waals surface area (Å²) in [5, 5.41) is 6.94. The van der Waals surface area contributed by atoms with E-state index in [0.717, 1.165) is 33.9 Å². The topological polar surface area (TPSA) is 50.3 Å². The zero-order chi connectivity index (χ0) is 19.3. The summed E-state index contributed by atoms with van der Waals surface area (Å²) in [5.41, 5.74) is 2.33. The van der Waals surface area contributed by atoms with E-state index in [1.807, 2.05) is 12.1 Å². The Morgan fingerprint density at radius 2 is 1.86 bits per heavy atom. The van der Waals surface area contributed by atoms with Crippen LogP contribution in [0.1, 0.15) is 32.6 Å². The first-order valence-electron chi connectivity index (χ1n) is 10.1. The van der Waals surface area contributed by atoms with E-state index in [1.165, 1.54) is 44.3 Å². The van der Waals surface area contributed by atoms with Gasteiger partial charge in [0.1, 0.15) is 22.7 Å². The SMILES string of the molecule is COc1ccc(-c2csc3ncnc(NC(C)CN4CCCCCC4)c23)cc1. The van der Waals surface area contributed by atoms with Crippen molar-refractivity contribution >= 4 is 27.4 Å². The summed E-state index contributed by atoms with van der Waals surface area (Å²) < 4.78 is 5.29. The Bertz CT molecular complexity index is 901. The van der Waals surface area contributed by atoms with Gasteiger partial charge in [0, 0.05) is 23.5 Å². The second-order valence-corrected chi connectivity index (χ2v) is 8.40. The lowest BCUT2D eigenvalue weighted by Crippen LogP contribution is -2.35. The van der Waals surface area contributed by atoms with Gasteiger partial charge in [0.15, 0.2) is 0 Å². The zero-order valence-corrected chi connectivity index (χ0v) is 17.5. The van der Waals surface area contributed by atoms with Crippen molar-refractivity contribution in [3.8, 4) is 16.9 Å². The Hall–Kier alpha value is -2.18. The number of nitrogens with zero attached hydrogens (tertiary/aromatic N) is 3. The van der Waals surface area contributed by atoms with Crippen molar-refractivity contribution in [1.82, 2.24) is 14.9 Å². The molecule has 2 aromatic heterocycles. The van der Waals surface area contributed by atoms with Crippen LogP contribution in [0, 0.1) is 0 Å². The summed E-state index contributed by atoms with van der Waals surface area (Å²) in [6.07, 6.45) is 7.03. The monoisotopic (exact) mass is 396 g/mol. The molecule has 28 heavy (non-hydrogen) atoms. The van der Waals surface area contributed by atoms with Crippen molar-refractivity contribution in [3.05, 3.63) is 36.0 Å². The largest absolute Gasteiger partial charge is 0.497 e. The number of anilines is 1. The van der Waals surface area contributed by atoms with Crippen LogP contribution in [0.25, 0.3) is 21.3 Å². The summed E-state index contributed by atoms with van der Waals surface area (Å²) in [6.45, 7) is 5.72. The minimum absolute atomic E-state index is 0.333. The Labute approximate surface area is 170 Å². The van der Waals surface area contributed by atoms with Crippen molar-refractivity contribution in [1.29, 1.82) is 0 Å². The Morgan fingerprint density at radius 1 is 1.11 bits per heavy atom. The molecule has 0 bridgehead atoms. The van der Waals surface area contributed by atoms with Crippen LogP contribution in [0.5, 0.6) is 5.75 Å². The van der Waals surface area contributed by atoms with Crippen molar-refractivity contribution in [3.63, 3.8) is 0 Å². The third kappa shape index (κ3) is 4.28. The summed E-state index contributed by atoms with van der Waals surface area (Å²) in [5.74, 6) is 1.79. The number of ether oxygens (including phenoxy) is 1. The normalized spacial score (nSPS) is 16.6. The quantitative estimate of drug-likeness (QED) is 0.632. The van der Waals surface area contributed by atoms with Crippen LogP contribution in [0.2, 0.25) is 0 Å². The molecule has 0 radical (unpaired) electrons. The molecular weight excluding hydrogens is 368 g/mol. The first kappa shape index (κ1) is 19.2. The summed E-state index contributed by atoms with van der Waals surface area (Å²) in [4.78, 5) is 12.7. The van der Waals surface area contributed by atoms with Gasteiger partial charge >= 0.3 is 0 Å². The average Bonchev–Trinajstić information content (AvgIpc) is 2.99. The highest BCUT2D eigenvalue weighted by atomic mass is 32.1. The molecule has 4 rings (SSSR count). The molecule has 0 spiro atoms. The number of rotatable bonds is 6. The molecule has 5 nitrogen and oxygen atoms in total. The van der Waals surface area contributed by atoms with E-state index in [4.69, 9.17) is 4.74 Å². The number of benzene rings is 1. The van der Waals surface area contributed by atoms with E-state index in [9.17, 15) is 0 Å². The van der Waals surface area contributed by atoms with Crippen LogP contribution < -0.4 is 10.1 Å². The lowest BCUT2D eigenvalue weighted by atomic mass is 10.1. The molecule has 1 fully saturated rings. The molecule has 1 atom stereocenters. The maximum absolute atomic E-state index is 5.29. The fraction of sp³-hybridized carbons (Fsp3) is 0.455. The molecule has 148 valence electrons. The highest BCUT2D eigenvalue weighted by Gasteiger charge is 2.17. The fourth-order valence-electron chi connectivity index (χ4n) is 3.95. The smallest absolute Gasteiger partial charge is 0.139 e. The molecule has 3 heterocycles.